The van der Waals surface area contributed by atoms with Crippen LogP contribution in [0.25, 0.3) is 0 Å². The molecule has 0 aliphatic carbocycles. The molecule has 112 valence electrons. The van der Waals surface area contributed by atoms with Crippen molar-refractivity contribution >= 4 is 0 Å². The van der Waals surface area contributed by atoms with Gasteiger partial charge in [0.1, 0.15) is 5.75 Å². The van der Waals surface area contributed by atoms with E-state index in [9.17, 15) is 9.50 Å². The standard InChI is InChI=1S/C18H21FO2/c1-12(20)13-8-7-10-15(19)17(13)21-16-11-6-5-9-14(16)18(2,3)4/h5-12,20H,1-4H3/t12-/m0/s1. The molecule has 1 atom stereocenters. The minimum Gasteiger partial charge on any atom is -0.454 e. The maximum absolute atomic E-state index is 14.1. The topological polar surface area (TPSA) is 29.5 Å². The van der Waals surface area contributed by atoms with Crippen LogP contribution in [0.2, 0.25) is 0 Å². The van der Waals surface area contributed by atoms with Crippen LogP contribution in [0.4, 0.5) is 4.39 Å². The number of halogens is 1. The van der Waals surface area contributed by atoms with E-state index in [0.717, 1.165) is 5.56 Å². The zero-order valence-corrected chi connectivity index (χ0v) is 12.9. The van der Waals surface area contributed by atoms with E-state index in [1.807, 2.05) is 24.3 Å². The summed E-state index contributed by atoms with van der Waals surface area (Å²) in [5.74, 6) is 0.221. The predicted octanol–water partition coefficient (Wildman–Crippen LogP) is 4.97. The van der Waals surface area contributed by atoms with Crippen LogP contribution < -0.4 is 4.74 Å². The van der Waals surface area contributed by atoms with Crippen LogP contribution in [0.1, 0.15) is 44.9 Å². The second-order valence-electron chi connectivity index (χ2n) is 6.18. The smallest absolute Gasteiger partial charge is 0.168 e. The Morgan fingerprint density at radius 2 is 1.71 bits per heavy atom. The maximum atomic E-state index is 14.1. The molecule has 0 aromatic heterocycles. The lowest BCUT2D eigenvalue weighted by atomic mass is 9.86. The molecule has 21 heavy (non-hydrogen) atoms. The third-order valence-corrected chi connectivity index (χ3v) is 3.35. The zero-order valence-electron chi connectivity index (χ0n) is 12.9. The van der Waals surface area contributed by atoms with E-state index < -0.39 is 11.9 Å². The molecule has 2 aromatic rings. The molecule has 0 fully saturated rings. The van der Waals surface area contributed by atoms with Gasteiger partial charge in [0.15, 0.2) is 11.6 Å². The van der Waals surface area contributed by atoms with Gasteiger partial charge in [0, 0.05) is 11.1 Å². The fourth-order valence-electron chi connectivity index (χ4n) is 2.25. The Bertz CT molecular complexity index is 627. The molecular formula is C18H21FO2. The van der Waals surface area contributed by atoms with Gasteiger partial charge in [0.05, 0.1) is 6.10 Å². The van der Waals surface area contributed by atoms with Crippen molar-refractivity contribution < 1.29 is 14.2 Å². The number of hydrogen-bond acceptors (Lipinski definition) is 2. The van der Waals surface area contributed by atoms with Gasteiger partial charge in [-0.2, -0.15) is 0 Å². The molecule has 0 spiro atoms. The Balaban J connectivity index is 2.49. The molecule has 0 saturated carbocycles. The van der Waals surface area contributed by atoms with Crippen molar-refractivity contribution in [3.63, 3.8) is 0 Å². The Labute approximate surface area is 125 Å². The first-order chi connectivity index (χ1) is 9.80. The van der Waals surface area contributed by atoms with Gasteiger partial charge in [0.25, 0.3) is 0 Å². The van der Waals surface area contributed by atoms with Gasteiger partial charge in [0.2, 0.25) is 0 Å². The van der Waals surface area contributed by atoms with E-state index in [1.54, 1.807) is 19.1 Å². The number of aliphatic hydroxyl groups excluding tert-OH is 1. The summed E-state index contributed by atoms with van der Waals surface area (Å²) in [5.41, 5.74) is 1.32. The highest BCUT2D eigenvalue weighted by Gasteiger charge is 2.21. The summed E-state index contributed by atoms with van der Waals surface area (Å²) in [6.07, 6.45) is -0.794. The molecule has 1 N–H and O–H groups in total. The third kappa shape index (κ3) is 3.42. The second kappa shape index (κ2) is 5.86. The number of rotatable bonds is 3. The molecule has 2 nitrogen and oxygen atoms in total. The van der Waals surface area contributed by atoms with Gasteiger partial charge >= 0.3 is 0 Å². The highest BCUT2D eigenvalue weighted by molar-refractivity contribution is 5.45. The largest absolute Gasteiger partial charge is 0.454 e. The lowest BCUT2D eigenvalue weighted by Crippen LogP contribution is -2.12. The molecule has 0 heterocycles. The lowest BCUT2D eigenvalue weighted by molar-refractivity contribution is 0.194. The molecule has 0 bridgehead atoms. The van der Waals surface area contributed by atoms with Crippen molar-refractivity contribution in [1.29, 1.82) is 0 Å². The van der Waals surface area contributed by atoms with Crippen LogP contribution in [0, 0.1) is 5.82 Å². The summed E-state index contributed by atoms with van der Waals surface area (Å²) < 4.78 is 19.9. The molecule has 2 rings (SSSR count). The van der Waals surface area contributed by atoms with E-state index in [4.69, 9.17) is 4.74 Å². The summed E-state index contributed by atoms with van der Waals surface area (Å²) in [4.78, 5) is 0. The highest BCUT2D eigenvalue weighted by atomic mass is 19.1. The monoisotopic (exact) mass is 288 g/mol. The first kappa shape index (κ1) is 15.5. The highest BCUT2D eigenvalue weighted by Crippen LogP contribution is 2.37. The fourth-order valence-corrected chi connectivity index (χ4v) is 2.25. The van der Waals surface area contributed by atoms with Crippen LogP contribution in [-0.2, 0) is 5.41 Å². The van der Waals surface area contributed by atoms with Gasteiger partial charge in [-0.25, -0.2) is 4.39 Å². The first-order valence-corrected chi connectivity index (χ1v) is 7.04. The molecule has 3 heteroatoms. The van der Waals surface area contributed by atoms with E-state index in [1.165, 1.54) is 6.07 Å². The predicted molar refractivity (Wildman–Crippen MR) is 82.2 cm³/mol. The zero-order chi connectivity index (χ0) is 15.6. The normalized spacial score (nSPS) is 13.0. The quantitative estimate of drug-likeness (QED) is 0.864. The molecule has 0 radical (unpaired) electrons. The minimum absolute atomic E-state index is 0.0872. The van der Waals surface area contributed by atoms with Crippen LogP contribution in [0.5, 0.6) is 11.5 Å². The minimum atomic E-state index is -0.794. The summed E-state index contributed by atoms with van der Waals surface area (Å²) in [7, 11) is 0. The van der Waals surface area contributed by atoms with Crippen LogP contribution in [0.3, 0.4) is 0 Å². The van der Waals surface area contributed by atoms with Crippen molar-refractivity contribution in [2.24, 2.45) is 0 Å². The number of aliphatic hydroxyl groups is 1. The van der Waals surface area contributed by atoms with Crippen molar-refractivity contribution in [3.05, 3.63) is 59.4 Å². The number of para-hydroxylation sites is 2. The Hall–Kier alpha value is -1.87. The number of benzene rings is 2. The lowest BCUT2D eigenvalue weighted by Gasteiger charge is -2.23. The average Bonchev–Trinajstić information content (AvgIpc) is 2.40. The summed E-state index contributed by atoms with van der Waals surface area (Å²) in [6, 6.07) is 12.2. The van der Waals surface area contributed by atoms with E-state index in [0.29, 0.717) is 11.3 Å². The van der Waals surface area contributed by atoms with Gasteiger partial charge in [-0.3, -0.25) is 0 Å². The number of hydrogen-bond donors (Lipinski definition) is 1. The van der Waals surface area contributed by atoms with Crippen LogP contribution >= 0.6 is 0 Å². The van der Waals surface area contributed by atoms with Crippen molar-refractivity contribution in [1.82, 2.24) is 0 Å². The van der Waals surface area contributed by atoms with Crippen LogP contribution in [0.15, 0.2) is 42.5 Å². The molecule has 0 saturated heterocycles. The summed E-state index contributed by atoms with van der Waals surface area (Å²) in [5, 5.41) is 9.79. The molecule has 0 aliphatic rings. The number of ether oxygens (including phenoxy) is 1. The summed E-state index contributed by atoms with van der Waals surface area (Å²) in [6.45, 7) is 7.82. The van der Waals surface area contributed by atoms with Crippen molar-refractivity contribution in [2.75, 3.05) is 0 Å². The Kier molecular flexibility index (Phi) is 4.33. The van der Waals surface area contributed by atoms with Gasteiger partial charge < -0.3 is 9.84 Å². The second-order valence-corrected chi connectivity index (χ2v) is 6.18. The van der Waals surface area contributed by atoms with E-state index >= 15 is 0 Å². The molecule has 0 unspecified atom stereocenters. The maximum Gasteiger partial charge on any atom is 0.168 e. The SMILES string of the molecule is C[C@H](O)c1cccc(F)c1Oc1ccccc1C(C)(C)C. The third-order valence-electron chi connectivity index (χ3n) is 3.35. The molecule has 0 aliphatic heterocycles. The Morgan fingerprint density at radius 3 is 2.33 bits per heavy atom. The van der Waals surface area contributed by atoms with Gasteiger partial charge in [-0.15, -0.1) is 0 Å². The van der Waals surface area contributed by atoms with E-state index in [-0.39, 0.29) is 11.2 Å². The molecular weight excluding hydrogens is 267 g/mol. The van der Waals surface area contributed by atoms with Gasteiger partial charge in [-0.1, -0.05) is 51.1 Å². The fraction of sp³-hybridized carbons (Fsp3) is 0.333. The molecule has 2 aromatic carbocycles. The first-order valence-electron chi connectivity index (χ1n) is 7.04. The van der Waals surface area contributed by atoms with E-state index in [2.05, 4.69) is 20.8 Å². The van der Waals surface area contributed by atoms with Crippen LogP contribution in [-0.4, -0.2) is 5.11 Å². The summed E-state index contributed by atoms with van der Waals surface area (Å²) >= 11 is 0. The Morgan fingerprint density at radius 1 is 1.05 bits per heavy atom. The van der Waals surface area contributed by atoms with Crippen molar-refractivity contribution in [3.8, 4) is 11.5 Å². The average molecular weight is 288 g/mol. The van der Waals surface area contributed by atoms with Gasteiger partial charge in [-0.05, 0) is 24.5 Å². The van der Waals surface area contributed by atoms with Crippen molar-refractivity contribution in [2.45, 2.75) is 39.2 Å². The molecule has 0 amide bonds.